The van der Waals surface area contributed by atoms with E-state index in [1.165, 1.54) is 0 Å². The van der Waals surface area contributed by atoms with E-state index in [9.17, 15) is 4.79 Å². The fourth-order valence-electron chi connectivity index (χ4n) is 5.03. The number of hydrogen-bond donors (Lipinski definition) is 0. The van der Waals surface area contributed by atoms with Crippen molar-refractivity contribution >= 4 is 5.91 Å². The van der Waals surface area contributed by atoms with Crippen molar-refractivity contribution < 1.29 is 23.5 Å². The molecular weight excluding hydrogens is 412 g/mol. The van der Waals surface area contributed by atoms with Gasteiger partial charge in [0, 0.05) is 32.3 Å². The molecule has 0 bridgehead atoms. The molecule has 0 N–H and O–H groups in total. The van der Waals surface area contributed by atoms with Crippen molar-refractivity contribution in [1.82, 2.24) is 19.9 Å². The van der Waals surface area contributed by atoms with Gasteiger partial charge in [0.15, 0.2) is 5.82 Å². The van der Waals surface area contributed by atoms with Gasteiger partial charge in [-0.15, -0.1) is 0 Å². The summed E-state index contributed by atoms with van der Waals surface area (Å²) in [7, 11) is 6.96. The van der Waals surface area contributed by atoms with Gasteiger partial charge in [0.2, 0.25) is 5.91 Å². The molecule has 0 aliphatic carbocycles. The number of piperidine rings is 1. The van der Waals surface area contributed by atoms with Gasteiger partial charge in [-0.05, 0) is 49.9 Å². The number of carbonyl (C=O) groups excluding carboxylic acids is 1. The number of carbonyl (C=O) groups is 1. The third kappa shape index (κ3) is 4.59. The van der Waals surface area contributed by atoms with Gasteiger partial charge in [-0.3, -0.25) is 9.69 Å². The molecule has 1 atom stereocenters. The van der Waals surface area contributed by atoms with Gasteiger partial charge >= 0.3 is 0 Å². The van der Waals surface area contributed by atoms with Gasteiger partial charge in [-0.25, -0.2) is 0 Å². The van der Waals surface area contributed by atoms with E-state index < -0.39 is 0 Å². The molecule has 2 fully saturated rings. The highest BCUT2D eigenvalue weighted by Gasteiger charge is 2.46. The quantitative estimate of drug-likeness (QED) is 0.643. The Hall–Kier alpha value is -2.65. The number of benzene rings is 1. The number of rotatable bonds is 7. The number of likely N-dealkylation sites (tertiary alicyclic amines) is 2. The number of ether oxygens (including phenoxy) is 3. The molecule has 2 aliphatic heterocycles. The summed E-state index contributed by atoms with van der Waals surface area (Å²) in [5.74, 6) is 2.78. The SMILES string of the molecule is COCc1nc(C2CC3(CCN(C(=O)Cc4cc(OC)ccc4OC)CC3)CN2C)no1. The molecule has 32 heavy (non-hydrogen) atoms. The third-order valence-electron chi connectivity index (χ3n) is 6.80. The van der Waals surface area contributed by atoms with Crippen molar-refractivity contribution in [3.8, 4) is 11.5 Å². The first kappa shape index (κ1) is 22.5. The molecule has 2 aromatic rings. The van der Waals surface area contributed by atoms with Crippen LogP contribution in [0.25, 0.3) is 0 Å². The average molecular weight is 445 g/mol. The molecule has 1 spiro atoms. The second-order valence-corrected chi connectivity index (χ2v) is 8.85. The van der Waals surface area contributed by atoms with Crippen LogP contribution in [0.1, 0.15) is 42.6 Å². The van der Waals surface area contributed by atoms with Gasteiger partial charge in [0.1, 0.15) is 18.1 Å². The van der Waals surface area contributed by atoms with Gasteiger partial charge in [0.25, 0.3) is 5.89 Å². The van der Waals surface area contributed by atoms with Crippen LogP contribution in [0, 0.1) is 5.41 Å². The minimum absolute atomic E-state index is 0.122. The molecule has 0 saturated carbocycles. The highest BCUT2D eigenvalue weighted by Crippen LogP contribution is 2.47. The van der Waals surface area contributed by atoms with Crippen LogP contribution in [-0.4, -0.2) is 73.9 Å². The number of nitrogens with zero attached hydrogens (tertiary/aromatic N) is 4. The Kier molecular flexibility index (Phi) is 6.66. The maximum Gasteiger partial charge on any atom is 0.252 e. The van der Waals surface area contributed by atoms with E-state index in [1.807, 2.05) is 23.1 Å². The number of methoxy groups -OCH3 is 3. The van der Waals surface area contributed by atoms with Gasteiger partial charge in [-0.1, -0.05) is 5.16 Å². The third-order valence-corrected chi connectivity index (χ3v) is 6.80. The lowest BCUT2D eigenvalue weighted by atomic mass is 9.76. The minimum Gasteiger partial charge on any atom is -0.497 e. The van der Waals surface area contributed by atoms with Crippen LogP contribution in [0.2, 0.25) is 0 Å². The minimum atomic E-state index is 0.122. The summed E-state index contributed by atoms with van der Waals surface area (Å²) in [5, 5.41) is 4.17. The Labute approximate surface area is 188 Å². The molecule has 3 heterocycles. The van der Waals surface area contributed by atoms with Crippen LogP contribution in [0.3, 0.4) is 0 Å². The number of hydrogen-bond acceptors (Lipinski definition) is 8. The first-order valence-corrected chi connectivity index (χ1v) is 11.0. The molecule has 1 aromatic carbocycles. The molecule has 2 aliphatic rings. The van der Waals surface area contributed by atoms with E-state index in [0.29, 0.717) is 24.7 Å². The summed E-state index contributed by atoms with van der Waals surface area (Å²) in [4.78, 5) is 21.8. The Morgan fingerprint density at radius 3 is 2.69 bits per heavy atom. The van der Waals surface area contributed by atoms with Crippen molar-refractivity contribution in [1.29, 1.82) is 0 Å². The van der Waals surface area contributed by atoms with Crippen LogP contribution in [0.5, 0.6) is 11.5 Å². The molecule has 0 radical (unpaired) electrons. The standard InChI is InChI=1S/C23H32N4O5/c1-26-15-23(13-18(26)22-24-20(14-29-2)32-25-22)7-9-27(10-8-23)21(28)12-16-11-17(30-3)5-6-19(16)31-4/h5-6,11,18H,7-10,12-15H2,1-4H3. The molecule has 4 rings (SSSR count). The van der Waals surface area contributed by atoms with E-state index in [2.05, 4.69) is 22.1 Å². The summed E-state index contributed by atoms with van der Waals surface area (Å²) in [5.41, 5.74) is 1.02. The largest absolute Gasteiger partial charge is 0.497 e. The Balaban J connectivity index is 1.37. The zero-order valence-electron chi connectivity index (χ0n) is 19.3. The Morgan fingerprint density at radius 1 is 1.22 bits per heavy atom. The summed E-state index contributed by atoms with van der Waals surface area (Å²) in [6, 6.07) is 5.69. The maximum absolute atomic E-state index is 13.0. The van der Waals surface area contributed by atoms with E-state index in [1.54, 1.807) is 21.3 Å². The van der Waals surface area contributed by atoms with Crippen LogP contribution in [-0.2, 0) is 22.6 Å². The average Bonchev–Trinajstić information content (AvgIpc) is 3.38. The normalized spacial score (nSPS) is 20.6. The van der Waals surface area contributed by atoms with Crippen molar-refractivity contribution in [2.24, 2.45) is 5.41 Å². The lowest BCUT2D eigenvalue weighted by molar-refractivity contribution is -0.132. The van der Waals surface area contributed by atoms with Crippen molar-refractivity contribution in [3.05, 3.63) is 35.5 Å². The van der Waals surface area contributed by atoms with Gasteiger partial charge in [-0.2, -0.15) is 4.98 Å². The second kappa shape index (κ2) is 9.46. The molecule has 1 unspecified atom stereocenters. The zero-order chi connectivity index (χ0) is 22.7. The summed E-state index contributed by atoms with van der Waals surface area (Å²) in [6.07, 6.45) is 3.22. The summed E-state index contributed by atoms with van der Waals surface area (Å²) in [6.45, 7) is 2.81. The fourth-order valence-corrected chi connectivity index (χ4v) is 5.03. The Bertz CT molecular complexity index is 938. The zero-order valence-corrected chi connectivity index (χ0v) is 19.3. The molecular formula is C23H32N4O5. The second-order valence-electron chi connectivity index (χ2n) is 8.85. The van der Waals surface area contributed by atoms with Crippen LogP contribution >= 0.6 is 0 Å². The molecule has 9 heteroatoms. The van der Waals surface area contributed by atoms with E-state index in [4.69, 9.17) is 18.7 Å². The predicted octanol–water partition coefficient (Wildman–Crippen LogP) is 2.46. The first-order valence-electron chi connectivity index (χ1n) is 11.0. The van der Waals surface area contributed by atoms with Crippen LogP contribution in [0.15, 0.2) is 22.7 Å². The fraction of sp³-hybridized carbons (Fsp3) is 0.609. The predicted molar refractivity (Wildman–Crippen MR) is 116 cm³/mol. The summed E-state index contributed by atoms with van der Waals surface area (Å²) < 4.78 is 21.1. The number of aromatic nitrogens is 2. The molecule has 1 aromatic heterocycles. The van der Waals surface area contributed by atoms with Crippen LogP contribution in [0.4, 0.5) is 0 Å². The van der Waals surface area contributed by atoms with Crippen LogP contribution < -0.4 is 9.47 Å². The summed E-state index contributed by atoms with van der Waals surface area (Å²) >= 11 is 0. The van der Waals surface area contributed by atoms with Crippen molar-refractivity contribution in [2.45, 2.75) is 38.3 Å². The Morgan fingerprint density at radius 2 is 2.00 bits per heavy atom. The molecule has 9 nitrogen and oxygen atoms in total. The van der Waals surface area contributed by atoms with Gasteiger partial charge < -0.3 is 23.6 Å². The van der Waals surface area contributed by atoms with E-state index >= 15 is 0 Å². The maximum atomic E-state index is 13.0. The smallest absolute Gasteiger partial charge is 0.252 e. The van der Waals surface area contributed by atoms with Gasteiger partial charge in [0.05, 0.1) is 26.7 Å². The highest BCUT2D eigenvalue weighted by molar-refractivity contribution is 5.79. The van der Waals surface area contributed by atoms with Crippen molar-refractivity contribution in [2.75, 3.05) is 48.0 Å². The molecule has 1 amide bonds. The topological polar surface area (TPSA) is 90.2 Å². The lowest BCUT2D eigenvalue weighted by Gasteiger charge is -2.39. The molecule has 174 valence electrons. The lowest BCUT2D eigenvalue weighted by Crippen LogP contribution is -2.44. The first-order chi connectivity index (χ1) is 15.5. The number of amides is 1. The van der Waals surface area contributed by atoms with E-state index in [0.717, 1.165) is 56.0 Å². The van der Waals surface area contributed by atoms with Crippen molar-refractivity contribution in [3.63, 3.8) is 0 Å². The monoisotopic (exact) mass is 444 g/mol. The van der Waals surface area contributed by atoms with E-state index in [-0.39, 0.29) is 17.4 Å². The molecule has 2 saturated heterocycles. The highest BCUT2D eigenvalue weighted by atomic mass is 16.5.